The van der Waals surface area contributed by atoms with Gasteiger partial charge in [0.15, 0.2) is 0 Å². The Kier molecular flexibility index (Phi) is 4.66. The van der Waals surface area contributed by atoms with Crippen molar-refractivity contribution in [2.45, 2.75) is 37.8 Å². The first-order valence-electron chi connectivity index (χ1n) is 10.1. The van der Waals surface area contributed by atoms with Crippen LogP contribution in [-0.2, 0) is 0 Å². The second-order valence-corrected chi connectivity index (χ2v) is 7.78. The summed E-state index contributed by atoms with van der Waals surface area (Å²) in [6.07, 6.45) is 13.8. The SMILES string of the molecule is O=C(NC1CCC(NC(=O)c2ccc3cncn3c2)CC1)c1ccc2cncn2c1. The van der Waals surface area contributed by atoms with Crippen LogP contribution in [-0.4, -0.2) is 42.7 Å². The number of hydrogen-bond donors (Lipinski definition) is 2. The van der Waals surface area contributed by atoms with Crippen molar-refractivity contribution in [2.24, 2.45) is 0 Å². The lowest BCUT2D eigenvalue weighted by molar-refractivity contribution is 0.0891. The zero-order chi connectivity index (χ0) is 20.5. The van der Waals surface area contributed by atoms with Crippen LogP contribution in [0.2, 0.25) is 0 Å². The lowest BCUT2D eigenvalue weighted by Gasteiger charge is -2.29. The molecule has 0 aromatic carbocycles. The molecule has 0 bridgehead atoms. The van der Waals surface area contributed by atoms with E-state index in [0.717, 1.165) is 36.7 Å². The fourth-order valence-corrected chi connectivity index (χ4v) is 4.03. The van der Waals surface area contributed by atoms with Crippen LogP contribution in [0.25, 0.3) is 11.0 Å². The number of amides is 2. The molecule has 5 rings (SSSR count). The second kappa shape index (κ2) is 7.62. The predicted octanol–water partition coefficient (Wildman–Crippen LogP) is 2.45. The van der Waals surface area contributed by atoms with E-state index in [1.807, 2.05) is 33.1 Å². The van der Waals surface area contributed by atoms with Crippen LogP contribution < -0.4 is 10.6 Å². The first kappa shape index (κ1) is 18.4. The molecule has 0 aliphatic heterocycles. The minimum absolute atomic E-state index is 0.0771. The first-order valence-corrected chi connectivity index (χ1v) is 10.1. The molecular formula is C22H22N6O2. The van der Waals surface area contributed by atoms with Gasteiger partial charge in [0.1, 0.15) is 0 Å². The highest BCUT2D eigenvalue weighted by Gasteiger charge is 2.24. The molecule has 30 heavy (non-hydrogen) atoms. The van der Waals surface area contributed by atoms with Crippen molar-refractivity contribution in [1.82, 2.24) is 29.4 Å². The summed E-state index contributed by atoms with van der Waals surface area (Å²) < 4.78 is 3.67. The van der Waals surface area contributed by atoms with E-state index in [9.17, 15) is 9.59 Å². The van der Waals surface area contributed by atoms with E-state index in [1.165, 1.54) is 0 Å². The van der Waals surface area contributed by atoms with Crippen LogP contribution in [0.4, 0.5) is 0 Å². The molecule has 4 heterocycles. The number of nitrogens with one attached hydrogen (secondary N) is 2. The number of aromatic nitrogens is 4. The third kappa shape index (κ3) is 3.63. The van der Waals surface area contributed by atoms with Gasteiger partial charge in [0.05, 0.1) is 47.2 Å². The predicted molar refractivity (Wildman–Crippen MR) is 111 cm³/mol. The summed E-state index contributed by atoms with van der Waals surface area (Å²) in [5, 5.41) is 6.24. The largest absolute Gasteiger partial charge is 0.349 e. The Morgan fingerprint density at radius 1 is 0.733 bits per heavy atom. The van der Waals surface area contributed by atoms with Crippen LogP contribution in [0.15, 0.2) is 61.7 Å². The minimum atomic E-state index is -0.0771. The maximum atomic E-state index is 12.6. The highest BCUT2D eigenvalue weighted by Crippen LogP contribution is 2.20. The van der Waals surface area contributed by atoms with Crippen molar-refractivity contribution in [3.8, 4) is 0 Å². The van der Waals surface area contributed by atoms with Crippen LogP contribution in [0.3, 0.4) is 0 Å². The molecule has 0 radical (unpaired) electrons. The molecule has 1 saturated carbocycles. The third-order valence-electron chi connectivity index (χ3n) is 5.74. The van der Waals surface area contributed by atoms with E-state index in [4.69, 9.17) is 0 Å². The maximum absolute atomic E-state index is 12.6. The summed E-state index contributed by atoms with van der Waals surface area (Å²) in [5.74, 6) is -0.154. The molecule has 2 amide bonds. The number of carbonyl (C=O) groups excluding carboxylic acids is 2. The van der Waals surface area contributed by atoms with Crippen molar-refractivity contribution in [1.29, 1.82) is 0 Å². The zero-order valence-electron chi connectivity index (χ0n) is 16.4. The highest BCUT2D eigenvalue weighted by molar-refractivity contribution is 5.95. The Morgan fingerprint density at radius 2 is 1.17 bits per heavy atom. The van der Waals surface area contributed by atoms with Gasteiger partial charge in [-0.2, -0.15) is 0 Å². The topological polar surface area (TPSA) is 92.8 Å². The average Bonchev–Trinajstić information content (AvgIpc) is 3.43. The molecule has 4 aromatic rings. The molecule has 0 unspecified atom stereocenters. The third-order valence-corrected chi connectivity index (χ3v) is 5.74. The van der Waals surface area contributed by atoms with Crippen molar-refractivity contribution >= 4 is 22.8 Å². The molecule has 1 aliphatic carbocycles. The van der Waals surface area contributed by atoms with E-state index < -0.39 is 0 Å². The van der Waals surface area contributed by atoms with Gasteiger partial charge in [-0.1, -0.05) is 0 Å². The normalized spacial score (nSPS) is 19.1. The lowest BCUT2D eigenvalue weighted by atomic mass is 9.91. The van der Waals surface area contributed by atoms with E-state index in [0.29, 0.717) is 11.1 Å². The molecule has 2 N–H and O–H groups in total. The van der Waals surface area contributed by atoms with E-state index in [-0.39, 0.29) is 23.9 Å². The van der Waals surface area contributed by atoms with Gasteiger partial charge < -0.3 is 19.4 Å². The number of carbonyl (C=O) groups is 2. The molecule has 8 heteroatoms. The Bertz CT molecular complexity index is 1120. The molecule has 152 valence electrons. The summed E-state index contributed by atoms with van der Waals surface area (Å²) in [7, 11) is 0. The van der Waals surface area contributed by atoms with Gasteiger partial charge in [0.25, 0.3) is 11.8 Å². The Balaban J connectivity index is 1.15. The van der Waals surface area contributed by atoms with Crippen LogP contribution in [0.5, 0.6) is 0 Å². The summed E-state index contributed by atoms with van der Waals surface area (Å²) in [6.45, 7) is 0. The van der Waals surface area contributed by atoms with Gasteiger partial charge in [0.2, 0.25) is 0 Å². The number of pyridine rings is 2. The molecule has 4 aromatic heterocycles. The summed E-state index contributed by atoms with van der Waals surface area (Å²) in [4.78, 5) is 33.3. The van der Waals surface area contributed by atoms with Gasteiger partial charge in [-0.3, -0.25) is 9.59 Å². The van der Waals surface area contributed by atoms with E-state index in [1.54, 1.807) is 37.4 Å². The van der Waals surface area contributed by atoms with E-state index in [2.05, 4.69) is 20.6 Å². The molecule has 0 spiro atoms. The first-order chi connectivity index (χ1) is 14.7. The fraction of sp³-hybridized carbons (Fsp3) is 0.273. The van der Waals surface area contributed by atoms with Crippen molar-refractivity contribution < 1.29 is 9.59 Å². The van der Waals surface area contributed by atoms with Gasteiger partial charge in [-0.05, 0) is 49.9 Å². The number of hydrogen-bond acceptors (Lipinski definition) is 4. The van der Waals surface area contributed by atoms with Crippen LogP contribution >= 0.6 is 0 Å². The van der Waals surface area contributed by atoms with Gasteiger partial charge in [0, 0.05) is 24.5 Å². The molecular weight excluding hydrogens is 380 g/mol. The standard InChI is InChI=1S/C22H22N6O2/c29-21(15-1-7-19-9-23-13-27(19)11-15)25-17-3-5-18(6-4-17)26-22(30)16-2-8-20-10-24-14-28(20)12-16/h1-2,7-14,17-18H,3-6H2,(H,25,29)(H,26,30). The van der Waals surface area contributed by atoms with Gasteiger partial charge >= 0.3 is 0 Å². The summed E-state index contributed by atoms with van der Waals surface area (Å²) >= 11 is 0. The molecule has 0 atom stereocenters. The zero-order valence-corrected chi connectivity index (χ0v) is 16.4. The summed E-state index contributed by atoms with van der Waals surface area (Å²) in [5.41, 5.74) is 3.14. The van der Waals surface area contributed by atoms with Crippen LogP contribution in [0.1, 0.15) is 46.4 Å². The van der Waals surface area contributed by atoms with Crippen molar-refractivity contribution in [2.75, 3.05) is 0 Å². The smallest absolute Gasteiger partial charge is 0.252 e. The van der Waals surface area contributed by atoms with Crippen molar-refractivity contribution in [3.63, 3.8) is 0 Å². The highest BCUT2D eigenvalue weighted by atomic mass is 16.2. The molecule has 1 aliphatic rings. The maximum Gasteiger partial charge on any atom is 0.252 e. The Labute approximate surface area is 173 Å². The number of fused-ring (bicyclic) bond motifs is 2. The number of imidazole rings is 2. The minimum Gasteiger partial charge on any atom is -0.349 e. The average molecular weight is 402 g/mol. The molecule has 8 nitrogen and oxygen atoms in total. The van der Waals surface area contributed by atoms with Crippen LogP contribution in [0, 0.1) is 0 Å². The fourth-order valence-electron chi connectivity index (χ4n) is 4.03. The quantitative estimate of drug-likeness (QED) is 0.548. The Hall–Kier alpha value is -3.68. The van der Waals surface area contributed by atoms with Gasteiger partial charge in [-0.15, -0.1) is 0 Å². The van der Waals surface area contributed by atoms with Crippen molar-refractivity contribution in [3.05, 3.63) is 72.8 Å². The summed E-state index contributed by atoms with van der Waals surface area (Å²) in [6, 6.07) is 7.63. The number of rotatable bonds is 4. The second-order valence-electron chi connectivity index (χ2n) is 7.78. The Morgan fingerprint density at radius 3 is 1.60 bits per heavy atom. The molecule has 1 fully saturated rings. The number of nitrogens with zero attached hydrogens (tertiary/aromatic N) is 4. The lowest BCUT2D eigenvalue weighted by Crippen LogP contribution is -2.43. The van der Waals surface area contributed by atoms with Gasteiger partial charge in [-0.25, -0.2) is 9.97 Å². The molecule has 0 saturated heterocycles. The monoisotopic (exact) mass is 402 g/mol. The van der Waals surface area contributed by atoms with E-state index >= 15 is 0 Å².